The Kier molecular flexibility index (Phi) is 3.13. The van der Waals surface area contributed by atoms with Crippen molar-refractivity contribution in [3.63, 3.8) is 0 Å². The monoisotopic (exact) mass is 298 g/mol. The fourth-order valence-electron chi connectivity index (χ4n) is 2.48. The maximum atomic E-state index is 12.4. The molecule has 5 nitrogen and oxygen atoms in total. The fraction of sp³-hybridized carbons (Fsp3) is 0.176. The number of phenolic OH excluding ortho intramolecular Hbond substituents is 1. The van der Waals surface area contributed by atoms with Crippen LogP contribution < -0.4 is 9.47 Å². The van der Waals surface area contributed by atoms with Crippen LogP contribution in [0.1, 0.15) is 37.4 Å². The van der Waals surface area contributed by atoms with Crippen LogP contribution in [0.25, 0.3) is 0 Å². The SMILES string of the molecule is Cc1ccc2c(c1C)OC(=O)c1c(C)cc(O)c(C=O)c1O2. The Balaban J connectivity index is 2.32. The summed E-state index contributed by atoms with van der Waals surface area (Å²) in [6.45, 7) is 5.37. The number of hydrogen-bond acceptors (Lipinski definition) is 5. The molecule has 22 heavy (non-hydrogen) atoms. The highest BCUT2D eigenvalue weighted by Gasteiger charge is 2.30. The van der Waals surface area contributed by atoms with Crippen molar-refractivity contribution in [2.75, 3.05) is 0 Å². The topological polar surface area (TPSA) is 72.8 Å². The lowest BCUT2D eigenvalue weighted by Gasteiger charge is -2.12. The molecule has 1 aliphatic heterocycles. The van der Waals surface area contributed by atoms with Crippen molar-refractivity contribution in [2.24, 2.45) is 0 Å². The molecule has 0 atom stereocenters. The number of aromatic hydroxyl groups is 1. The van der Waals surface area contributed by atoms with Crippen LogP contribution in [0.3, 0.4) is 0 Å². The standard InChI is InChI=1S/C17H14O5/c1-8-4-5-13-15(10(8)3)22-17(20)14-9(2)6-12(19)11(7-18)16(14)21-13/h4-7,19H,1-3H3. The number of phenols is 1. The van der Waals surface area contributed by atoms with Gasteiger partial charge in [-0.15, -0.1) is 0 Å². The van der Waals surface area contributed by atoms with Crippen LogP contribution in [0.4, 0.5) is 0 Å². The van der Waals surface area contributed by atoms with Crippen molar-refractivity contribution in [1.82, 2.24) is 0 Å². The zero-order valence-electron chi connectivity index (χ0n) is 12.4. The molecule has 0 saturated heterocycles. The second-order valence-corrected chi connectivity index (χ2v) is 5.27. The molecule has 112 valence electrons. The van der Waals surface area contributed by atoms with E-state index in [2.05, 4.69) is 0 Å². The van der Waals surface area contributed by atoms with Crippen LogP contribution in [0.15, 0.2) is 18.2 Å². The molecule has 1 N–H and O–H groups in total. The zero-order valence-corrected chi connectivity index (χ0v) is 12.4. The van der Waals surface area contributed by atoms with Gasteiger partial charge in [-0.05, 0) is 49.6 Å². The molecular formula is C17H14O5. The highest BCUT2D eigenvalue weighted by molar-refractivity contribution is 6.01. The van der Waals surface area contributed by atoms with Gasteiger partial charge < -0.3 is 14.6 Å². The lowest BCUT2D eigenvalue weighted by atomic mass is 10.0. The van der Waals surface area contributed by atoms with Crippen molar-refractivity contribution < 1.29 is 24.2 Å². The molecule has 5 heteroatoms. The number of carbonyl (C=O) groups excluding carboxylic acids is 2. The molecule has 2 aromatic carbocycles. The summed E-state index contributed by atoms with van der Waals surface area (Å²) in [5, 5.41) is 9.91. The lowest BCUT2D eigenvalue weighted by molar-refractivity contribution is 0.0735. The van der Waals surface area contributed by atoms with Crippen molar-refractivity contribution >= 4 is 12.3 Å². The van der Waals surface area contributed by atoms with Gasteiger partial charge in [0.05, 0.1) is 5.56 Å². The first-order valence-corrected chi connectivity index (χ1v) is 6.76. The van der Waals surface area contributed by atoms with Crippen molar-refractivity contribution in [3.8, 4) is 23.0 Å². The number of fused-ring (bicyclic) bond motifs is 2. The predicted octanol–water partition coefficient (Wildman–Crippen LogP) is 3.45. The number of benzene rings is 2. The van der Waals surface area contributed by atoms with E-state index in [1.54, 1.807) is 13.0 Å². The maximum Gasteiger partial charge on any atom is 0.347 e. The van der Waals surface area contributed by atoms with Crippen LogP contribution in [0.5, 0.6) is 23.0 Å². The lowest BCUT2D eigenvalue weighted by Crippen LogP contribution is -2.11. The van der Waals surface area contributed by atoms with Gasteiger partial charge in [0.15, 0.2) is 23.5 Å². The Hall–Kier alpha value is -2.82. The minimum Gasteiger partial charge on any atom is -0.507 e. The molecule has 1 aliphatic rings. The highest BCUT2D eigenvalue weighted by atomic mass is 16.6. The van der Waals surface area contributed by atoms with Crippen LogP contribution in [0, 0.1) is 20.8 Å². The summed E-state index contributed by atoms with van der Waals surface area (Å²) in [4.78, 5) is 23.7. The summed E-state index contributed by atoms with van der Waals surface area (Å²) in [5.41, 5.74) is 2.30. The van der Waals surface area contributed by atoms with Gasteiger partial charge in [0.25, 0.3) is 0 Å². The van der Waals surface area contributed by atoms with Gasteiger partial charge >= 0.3 is 5.97 Å². The predicted molar refractivity (Wildman–Crippen MR) is 79.2 cm³/mol. The molecule has 0 radical (unpaired) electrons. The molecule has 0 saturated carbocycles. The first kappa shape index (κ1) is 14.1. The summed E-state index contributed by atoms with van der Waals surface area (Å²) in [6.07, 6.45) is 0.465. The van der Waals surface area contributed by atoms with Crippen LogP contribution in [0.2, 0.25) is 0 Å². The van der Waals surface area contributed by atoms with Gasteiger partial charge in [0, 0.05) is 0 Å². The van der Waals surface area contributed by atoms with Gasteiger partial charge in [-0.2, -0.15) is 0 Å². The van der Waals surface area contributed by atoms with Crippen LogP contribution in [-0.4, -0.2) is 17.4 Å². The maximum absolute atomic E-state index is 12.4. The molecule has 0 amide bonds. The second kappa shape index (κ2) is 4.87. The minimum absolute atomic E-state index is 0.0273. The third-order valence-electron chi connectivity index (χ3n) is 3.86. The Morgan fingerprint density at radius 1 is 1.05 bits per heavy atom. The summed E-state index contributed by atoms with van der Waals surface area (Å²) in [6, 6.07) is 4.86. The first-order valence-electron chi connectivity index (χ1n) is 6.76. The van der Waals surface area contributed by atoms with E-state index in [-0.39, 0.29) is 22.6 Å². The number of aryl methyl sites for hydroxylation is 2. The molecule has 0 bridgehead atoms. The molecule has 0 fully saturated rings. The average molecular weight is 298 g/mol. The Labute approximate surface area is 127 Å². The number of rotatable bonds is 1. The van der Waals surface area contributed by atoms with Gasteiger partial charge in [-0.25, -0.2) is 4.79 Å². The smallest absolute Gasteiger partial charge is 0.347 e. The number of carbonyl (C=O) groups is 2. The molecule has 0 aliphatic carbocycles. The van der Waals surface area contributed by atoms with E-state index in [4.69, 9.17) is 9.47 Å². The third-order valence-corrected chi connectivity index (χ3v) is 3.86. The molecular weight excluding hydrogens is 284 g/mol. The van der Waals surface area contributed by atoms with E-state index < -0.39 is 5.97 Å². The average Bonchev–Trinajstić information content (AvgIpc) is 2.60. The molecule has 2 aromatic rings. The van der Waals surface area contributed by atoms with E-state index in [1.807, 2.05) is 19.9 Å². The number of hydrogen-bond donors (Lipinski definition) is 1. The van der Waals surface area contributed by atoms with Crippen LogP contribution >= 0.6 is 0 Å². The van der Waals surface area contributed by atoms with Crippen molar-refractivity contribution in [2.45, 2.75) is 20.8 Å². The van der Waals surface area contributed by atoms with E-state index in [0.29, 0.717) is 23.3 Å². The van der Waals surface area contributed by atoms with E-state index in [9.17, 15) is 14.7 Å². The zero-order chi connectivity index (χ0) is 16.0. The Bertz CT molecular complexity index is 821. The molecule has 0 aromatic heterocycles. The van der Waals surface area contributed by atoms with E-state index in [0.717, 1.165) is 11.1 Å². The molecule has 0 spiro atoms. The van der Waals surface area contributed by atoms with E-state index in [1.165, 1.54) is 6.07 Å². The first-order chi connectivity index (χ1) is 10.4. The van der Waals surface area contributed by atoms with Gasteiger partial charge in [-0.3, -0.25) is 4.79 Å². The molecule has 1 heterocycles. The number of ether oxygens (including phenoxy) is 2. The molecule has 0 unspecified atom stereocenters. The second-order valence-electron chi connectivity index (χ2n) is 5.27. The van der Waals surface area contributed by atoms with Gasteiger partial charge in [0.2, 0.25) is 0 Å². The number of esters is 1. The summed E-state index contributed by atoms with van der Waals surface area (Å²) in [5.74, 6) is -0.144. The molecule has 3 rings (SSSR count). The largest absolute Gasteiger partial charge is 0.507 e. The Morgan fingerprint density at radius 2 is 1.77 bits per heavy atom. The number of aldehydes is 1. The third kappa shape index (κ3) is 1.94. The van der Waals surface area contributed by atoms with Crippen molar-refractivity contribution in [3.05, 3.63) is 46.0 Å². The normalized spacial score (nSPS) is 12.6. The van der Waals surface area contributed by atoms with Gasteiger partial charge in [-0.1, -0.05) is 6.07 Å². The highest BCUT2D eigenvalue weighted by Crippen LogP contribution is 2.44. The van der Waals surface area contributed by atoms with Crippen LogP contribution in [-0.2, 0) is 0 Å². The summed E-state index contributed by atoms with van der Waals surface area (Å²) < 4.78 is 11.2. The van der Waals surface area contributed by atoms with E-state index >= 15 is 0 Å². The Morgan fingerprint density at radius 3 is 2.45 bits per heavy atom. The van der Waals surface area contributed by atoms with Gasteiger partial charge in [0.1, 0.15) is 11.3 Å². The quantitative estimate of drug-likeness (QED) is 0.496. The fourth-order valence-corrected chi connectivity index (χ4v) is 2.48. The minimum atomic E-state index is -0.608. The van der Waals surface area contributed by atoms with Crippen molar-refractivity contribution in [1.29, 1.82) is 0 Å². The summed E-state index contributed by atoms with van der Waals surface area (Å²) in [7, 11) is 0. The summed E-state index contributed by atoms with van der Waals surface area (Å²) >= 11 is 0.